The summed E-state index contributed by atoms with van der Waals surface area (Å²) >= 11 is 12.6. The van der Waals surface area contributed by atoms with Gasteiger partial charge in [-0.3, -0.25) is 0 Å². The van der Waals surface area contributed by atoms with Crippen LogP contribution >= 0.6 is 22.2 Å². The largest absolute Gasteiger partial charge is 0.324 e. The van der Waals surface area contributed by atoms with Gasteiger partial charge in [0.05, 0.1) is 8.55 Å². The Balaban J connectivity index is 2.58. The van der Waals surface area contributed by atoms with E-state index in [-0.39, 0.29) is 8.55 Å². The van der Waals surface area contributed by atoms with Gasteiger partial charge in [-0.15, -0.1) is 0 Å². The molecule has 0 aromatic heterocycles. The lowest BCUT2D eigenvalue weighted by Gasteiger charge is -2.31. The zero-order valence-corrected chi connectivity index (χ0v) is 13.2. The van der Waals surface area contributed by atoms with E-state index in [0.717, 1.165) is 0 Å². The molecule has 1 aliphatic rings. The van der Waals surface area contributed by atoms with E-state index in [9.17, 15) is 0 Å². The van der Waals surface area contributed by atoms with Crippen LogP contribution in [0.1, 0.15) is 27.7 Å². The first-order valence-corrected chi connectivity index (χ1v) is 16.5. The minimum Gasteiger partial charge on any atom is -0.324 e. The van der Waals surface area contributed by atoms with Crippen molar-refractivity contribution >= 4 is 44.4 Å². The molecule has 1 saturated heterocycles. The Labute approximate surface area is 88.7 Å². The van der Waals surface area contributed by atoms with Gasteiger partial charge >= 0.3 is 0 Å². The second-order valence-corrected chi connectivity index (χ2v) is 37.6. The minimum absolute atomic E-state index is 0.0101. The summed E-state index contributed by atoms with van der Waals surface area (Å²) in [7, 11) is -0.708. The van der Waals surface area contributed by atoms with Crippen LogP contribution in [0.5, 0.6) is 0 Å². The monoisotopic (exact) mass is 257 g/mol. The van der Waals surface area contributed by atoms with E-state index in [1.54, 1.807) is 0 Å². The van der Waals surface area contributed by atoms with Gasteiger partial charge in [-0.05, 0) is 12.1 Å². The highest BCUT2D eigenvalue weighted by Crippen LogP contribution is 2.34. The molecule has 1 unspecified atom stereocenters. The van der Waals surface area contributed by atoms with E-state index in [1.165, 1.54) is 0 Å². The fraction of sp³-hybridized carbons (Fsp3) is 1.00. The van der Waals surface area contributed by atoms with E-state index in [1.807, 2.05) is 0 Å². The van der Waals surface area contributed by atoms with Crippen molar-refractivity contribution in [2.45, 2.75) is 39.8 Å². The van der Waals surface area contributed by atoms with Gasteiger partial charge in [0.2, 0.25) is 5.73 Å². The van der Waals surface area contributed by atoms with Crippen LogP contribution in [0.4, 0.5) is 0 Å². The summed E-state index contributed by atoms with van der Waals surface area (Å²) in [6.45, 7) is 9.05. The SMILES string of the molecule is CC(C)N(C(C)C)[SiH]1[SiH2][Si]1(Cl)Cl. The lowest BCUT2D eigenvalue weighted by atomic mass is 10.3. The van der Waals surface area contributed by atoms with Crippen LogP contribution in [0.2, 0.25) is 0 Å². The van der Waals surface area contributed by atoms with E-state index in [2.05, 4.69) is 32.3 Å². The predicted octanol–water partition coefficient (Wildman–Crippen LogP) is 1.00. The van der Waals surface area contributed by atoms with Crippen LogP contribution in [-0.4, -0.2) is 38.9 Å². The van der Waals surface area contributed by atoms with Crippen LogP contribution < -0.4 is 0 Å². The first-order valence-electron chi connectivity index (χ1n) is 4.51. The third kappa shape index (κ3) is 2.36. The second kappa shape index (κ2) is 3.74. The number of hydrogen-bond donors (Lipinski definition) is 0. The molecule has 0 saturated carbocycles. The fourth-order valence-electron chi connectivity index (χ4n) is 1.84. The molecule has 1 atom stereocenters. The van der Waals surface area contributed by atoms with Gasteiger partial charge in [0.15, 0.2) is 0 Å². The Morgan fingerprint density at radius 3 is 1.58 bits per heavy atom. The van der Waals surface area contributed by atoms with Crippen molar-refractivity contribution in [3.05, 3.63) is 0 Å². The summed E-state index contributed by atoms with van der Waals surface area (Å²) in [4.78, 5) is 0. The average Bonchev–Trinajstić information content (AvgIpc) is 2.37. The van der Waals surface area contributed by atoms with Crippen molar-refractivity contribution in [1.82, 2.24) is 4.57 Å². The number of hydrogen-bond acceptors (Lipinski definition) is 1. The molecule has 12 heavy (non-hydrogen) atoms. The maximum Gasteiger partial charge on any atom is 0.229 e. The van der Waals surface area contributed by atoms with E-state index in [0.29, 0.717) is 12.1 Å². The molecule has 1 aliphatic heterocycles. The van der Waals surface area contributed by atoms with Gasteiger partial charge < -0.3 is 4.57 Å². The molecule has 1 rings (SSSR count). The Kier molecular flexibility index (Phi) is 3.52. The van der Waals surface area contributed by atoms with Gasteiger partial charge in [0.25, 0.3) is 0 Å². The summed E-state index contributed by atoms with van der Waals surface area (Å²) in [5.41, 5.74) is -1.53. The first-order chi connectivity index (χ1) is 5.36. The molecule has 1 heterocycles. The Morgan fingerprint density at radius 2 is 1.50 bits per heavy atom. The van der Waals surface area contributed by atoms with Crippen molar-refractivity contribution in [2.75, 3.05) is 0 Å². The van der Waals surface area contributed by atoms with Gasteiger partial charge in [-0.1, -0.05) is 27.7 Å². The Bertz CT molecular complexity index is 166. The average molecular weight is 258 g/mol. The number of halogens is 2. The van der Waals surface area contributed by atoms with Crippen LogP contribution in [0.25, 0.3) is 0 Å². The molecule has 72 valence electrons. The number of nitrogens with zero attached hydrogens (tertiary/aromatic N) is 1. The Hall–Kier alpha value is 1.19. The first kappa shape index (κ1) is 11.3. The summed E-state index contributed by atoms with van der Waals surface area (Å²) in [5, 5.41) is 0. The van der Waals surface area contributed by atoms with E-state index >= 15 is 0 Å². The predicted molar refractivity (Wildman–Crippen MR) is 65.3 cm³/mol. The van der Waals surface area contributed by atoms with Crippen LogP contribution in [0.15, 0.2) is 0 Å². The molecular formula is C6H17Cl2NSi3. The van der Waals surface area contributed by atoms with Gasteiger partial charge in [-0.25, -0.2) is 0 Å². The second-order valence-electron chi connectivity index (χ2n) is 4.12. The normalized spacial score (nSPS) is 29.2. The van der Waals surface area contributed by atoms with Crippen molar-refractivity contribution in [3.63, 3.8) is 0 Å². The lowest BCUT2D eigenvalue weighted by molar-refractivity contribution is 0.315. The van der Waals surface area contributed by atoms with Crippen LogP contribution in [0.3, 0.4) is 0 Å². The molecule has 0 N–H and O–H groups in total. The zero-order chi connectivity index (χ0) is 9.52. The molecule has 6 heteroatoms. The van der Waals surface area contributed by atoms with Crippen molar-refractivity contribution < 1.29 is 0 Å². The molecule has 0 aromatic rings. The summed E-state index contributed by atoms with van der Waals surface area (Å²) < 4.78 is 2.64. The lowest BCUT2D eigenvalue weighted by Crippen LogP contribution is -2.45. The minimum atomic E-state index is -1.53. The van der Waals surface area contributed by atoms with Gasteiger partial charge in [0, 0.05) is 0 Å². The van der Waals surface area contributed by atoms with Crippen molar-refractivity contribution in [1.29, 1.82) is 0 Å². The molecule has 0 spiro atoms. The highest BCUT2D eigenvalue weighted by molar-refractivity contribution is 8.15. The van der Waals surface area contributed by atoms with Crippen LogP contribution in [0, 0.1) is 0 Å². The standard InChI is InChI=1S/C6H17Cl2NSi3/c1-5(2)9(6(3)4)11-10-12(11,7)8/h5-6,11H,10H2,1-4H3. The van der Waals surface area contributed by atoms with Gasteiger partial charge in [0.1, 0.15) is 7.99 Å². The van der Waals surface area contributed by atoms with Crippen molar-refractivity contribution in [2.24, 2.45) is 0 Å². The molecule has 0 amide bonds. The molecule has 0 radical (unpaired) electrons. The quantitative estimate of drug-likeness (QED) is 0.539. The van der Waals surface area contributed by atoms with E-state index < -0.39 is 13.7 Å². The maximum atomic E-state index is 6.28. The number of rotatable bonds is 3. The third-order valence-corrected chi connectivity index (χ3v) is 43.7. The molecule has 1 nitrogen and oxygen atoms in total. The third-order valence-electron chi connectivity index (χ3n) is 2.35. The van der Waals surface area contributed by atoms with Gasteiger partial charge in [-0.2, -0.15) is 22.2 Å². The molecule has 0 aromatic carbocycles. The zero-order valence-electron chi connectivity index (χ0n) is 8.14. The molecular weight excluding hydrogens is 241 g/mol. The van der Waals surface area contributed by atoms with Crippen LogP contribution in [-0.2, 0) is 0 Å². The Morgan fingerprint density at radius 1 is 1.17 bits per heavy atom. The smallest absolute Gasteiger partial charge is 0.229 e. The summed E-state index contributed by atoms with van der Waals surface area (Å²) in [6, 6.07) is 1.31. The topological polar surface area (TPSA) is 3.24 Å². The maximum absolute atomic E-state index is 6.28. The van der Waals surface area contributed by atoms with E-state index in [4.69, 9.17) is 22.2 Å². The highest BCUT2D eigenvalue weighted by atomic mass is 35.7. The van der Waals surface area contributed by atoms with Crippen molar-refractivity contribution in [3.8, 4) is 0 Å². The molecule has 0 bridgehead atoms. The summed E-state index contributed by atoms with van der Waals surface area (Å²) in [6.07, 6.45) is 0. The summed E-state index contributed by atoms with van der Waals surface area (Å²) in [5.74, 6) is 0. The fourth-order valence-corrected chi connectivity index (χ4v) is 44.4. The molecule has 1 fully saturated rings. The highest BCUT2D eigenvalue weighted by Gasteiger charge is 2.61. The molecule has 0 aliphatic carbocycles.